The molecule has 0 aromatic heterocycles. The van der Waals surface area contributed by atoms with Crippen molar-refractivity contribution in [3.05, 3.63) is 30.3 Å². The molecule has 0 aliphatic rings. The number of hydrogen-bond acceptors (Lipinski definition) is 1. The molecule has 1 aromatic rings. The first-order valence-electron chi connectivity index (χ1n) is 5.48. The van der Waals surface area contributed by atoms with Gasteiger partial charge < -0.3 is 0 Å². The summed E-state index contributed by atoms with van der Waals surface area (Å²) in [6, 6.07) is 10.2. The van der Waals surface area contributed by atoms with Crippen LogP contribution in [-0.4, -0.2) is 5.71 Å². The van der Waals surface area contributed by atoms with E-state index in [0.29, 0.717) is 0 Å². The molecule has 0 unspecified atom stereocenters. The molecule has 14 heavy (non-hydrogen) atoms. The molecule has 0 aliphatic heterocycles. The highest BCUT2D eigenvalue weighted by molar-refractivity contribution is 5.86. The highest BCUT2D eigenvalue weighted by Crippen LogP contribution is 2.13. The van der Waals surface area contributed by atoms with Crippen LogP contribution in [0.3, 0.4) is 0 Å². The van der Waals surface area contributed by atoms with Crippen LogP contribution in [0.25, 0.3) is 0 Å². The first-order valence-corrected chi connectivity index (χ1v) is 5.48. The molecule has 0 radical (unpaired) electrons. The number of nitrogens with zero attached hydrogens (tertiary/aromatic N) is 1. The largest absolute Gasteiger partial charge is 0.258 e. The zero-order valence-electron chi connectivity index (χ0n) is 9.16. The number of rotatable bonds is 5. The van der Waals surface area contributed by atoms with E-state index in [1.165, 1.54) is 18.6 Å². The standard InChI is InChI=1S/C13H19N/c1-3-5-9-12(4-2)14-13-10-7-6-8-11-13/h6-8,10-11H,3-5,9H2,1-2H3. The number of hydrogen-bond donors (Lipinski definition) is 0. The van der Waals surface area contributed by atoms with Gasteiger partial charge in [-0.2, -0.15) is 0 Å². The van der Waals surface area contributed by atoms with Gasteiger partial charge in [-0.15, -0.1) is 0 Å². The highest BCUT2D eigenvalue weighted by atomic mass is 14.7. The van der Waals surface area contributed by atoms with Crippen molar-refractivity contribution in [2.24, 2.45) is 4.99 Å². The van der Waals surface area contributed by atoms with Crippen LogP contribution in [0.2, 0.25) is 0 Å². The first-order chi connectivity index (χ1) is 6.86. The zero-order chi connectivity index (χ0) is 10.2. The summed E-state index contributed by atoms with van der Waals surface area (Å²) >= 11 is 0. The molecule has 0 spiro atoms. The maximum atomic E-state index is 4.63. The number of para-hydroxylation sites is 1. The monoisotopic (exact) mass is 189 g/mol. The summed E-state index contributed by atoms with van der Waals surface area (Å²) in [5.41, 5.74) is 2.40. The molecule has 76 valence electrons. The average molecular weight is 189 g/mol. The van der Waals surface area contributed by atoms with E-state index < -0.39 is 0 Å². The van der Waals surface area contributed by atoms with Gasteiger partial charge in [-0.05, 0) is 31.4 Å². The molecule has 1 heteroatoms. The lowest BCUT2D eigenvalue weighted by atomic mass is 10.1. The molecule has 0 bridgehead atoms. The van der Waals surface area contributed by atoms with Crippen LogP contribution in [0, 0.1) is 0 Å². The molecule has 1 nitrogen and oxygen atoms in total. The van der Waals surface area contributed by atoms with Crippen molar-refractivity contribution < 1.29 is 0 Å². The highest BCUT2D eigenvalue weighted by Gasteiger charge is 1.95. The van der Waals surface area contributed by atoms with Crippen molar-refractivity contribution in [1.29, 1.82) is 0 Å². The van der Waals surface area contributed by atoms with E-state index in [1.54, 1.807) is 0 Å². The minimum atomic E-state index is 1.06. The molecule has 0 aliphatic carbocycles. The van der Waals surface area contributed by atoms with E-state index in [9.17, 15) is 0 Å². The second-order valence-electron chi connectivity index (χ2n) is 3.47. The van der Waals surface area contributed by atoms with Crippen LogP contribution in [0.4, 0.5) is 5.69 Å². The average Bonchev–Trinajstić information content (AvgIpc) is 2.25. The Morgan fingerprint density at radius 1 is 1.14 bits per heavy atom. The smallest absolute Gasteiger partial charge is 0.0629 e. The Kier molecular flexibility index (Phi) is 4.98. The number of benzene rings is 1. The molecule has 0 saturated heterocycles. The Bertz CT molecular complexity index is 275. The fourth-order valence-electron chi connectivity index (χ4n) is 1.38. The van der Waals surface area contributed by atoms with Crippen molar-refractivity contribution in [3.63, 3.8) is 0 Å². The minimum absolute atomic E-state index is 1.06. The third kappa shape index (κ3) is 3.73. The Hall–Kier alpha value is -1.11. The second-order valence-corrected chi connectivity index (χ2v) is 3.47. The van der Waals surface area contributed by atoms with Gasteiger partial charge in [-0.25, -0.2) is 0 Å². The summed E-state index contributed by atoms with van der Waals surface area (Å²) in [5.74, 6) is 0. The van der Waals surface area contributed by atoms with Gasteiger partial charge in [-0.1, -0.05) is 38.5 Å². The van der Waals surface area contributed by atoms with E-state index >= 15 is 0 Å². The molecule has 1 aromatic carbocycles. The second kappa shape index (κ2) is 6.36. The summed E-state index contributed by atoms with van der Waals surface area (Å²) < 4.78 is 0. The SMILES string of the molecule is CCCCC(CC)=Nc1ccccc1. The molecule has 0 amide bonds. The van der Waals surface area contributed by atoms with Crippen molar-refractivity contribution in [3.8, 4) is 0 Å². The van der Waals surface area contributed by atoms with E-state index in [1.807, 2.05) is 18.2 Å². The van der Waals surface area contributed by atoms with Crippen LogP contribution in [0.1, 0.15) is 39.5 Å². The minimum Gasteiger partial charge on any atom is -0.258 e. The van der Waals surface area contributed by atoms with Gasteiger partial charge in [0.05, 0.1) is 5.69 Å². The van der Waals surface area contributed by atoms with Gasteiger partial charge in [0, 0.05) is 5.71 Å². The molecule has 0 heterocycles. The molecule has 0 fully saturated rings. The number of unbranched alkanes of at least 4 members (excludes halogenated alkanes) is 1. The Balaban J connectivity index is 2.64. The predicted molar refractivity (Wildman–Crippen MR) is 63.4 cm³/mol. The van der Waals surface area contributed by atoms with Gasteiger partial charge in [0.1, 0.15) is 0 Å². The van der Waals surface area contributed by atoms with Crippen molar-refractivity contribution in [2.75, 3.05) is 0 Å². The van der Waals surface area contributed by atoms with Gasteiger partial charge >= 0.3 is 0 Å². The summed E-state index contributed by atoms with van der Waals surface area (Å²) in [6.07, 6.45) is 4.70. The quantitative estimate of drug-likeness (QED) is 0.610. The third-order valence-electron chi connectivity index (χ3n) is 2.27. The van der Waals surface area contributed by atoms with Crippen LogP contribution in [0.15, 0.2) is 35.3 Å². The molecule has 1 rings (SSSR count). The van der Waals surface area contributed by atoms with E-state index in [-0.39, 0.29) is 0 Å². The van der Waals surface area contributed by atoms with Gasteiger partial charge in [0.25, 0.3) is 0 Å². The maximum Gasteiger partial charge on any atom is 0.0629 e. The Morgan fingerprint density at radius 2 is 1.86 bits per heavy atom. The maximum absolute atomic E-state index is 4.63. The lowest BCUT2D eigenvalue weighted by Gasteiger charge is -2.02. The van der Waals surface area contributed by atoms with E-state index in [4.69, 9.17) is 0 Å². The summed E-state index contributed by atoms with van der Waals surface area (Å²) in [7, 11) is 0. The third-order valence-corrected chi connectivity index (χ3v) is 2.27. The van der Waals surface area contributed by atoms with Gasteiger partial charge in [-0.3, -0.25) is 4.99 Å². The van der Waals surface area contributed by atoms with Crippen molar-refractivity contribution in [2.45, 2.75) is 39.5 Å². The first kappa shape index (κ1) is 11.0. The molecular formula is C13H19N. The Labute approximate surface area is 86.9 Å². The summed E-state index contributed by atoms with van der Waals surface area (Å²) in [4.78, 5) is 4.63. The van der Waals surface area contributed by atoms with Crippen LogP contribution < -0.4 is 0 Å². The molecule has 0 saturated carbocycles. The molecular weight excluding hydrogens is 170 g/mol. The van der Waals surface area contributed by atoms with Gasteiger partial charge in [0.15, 0.2) is 0 Å². The Morgan fingerprint density at radius 3 is 2.43 bits per heavy atom. The topological polar surface area (TPSA) is 12.4 Å². The van der Waals surface area contributed by atoms with E-state index in [2.05, 4.69) is 31.0 Å². The van der Waals surface area contributed by atoms with E-state index in [0.717, 1.165) is 18.5 Å². The zero-order valence-corrected chi connectivity index (χ0v) is 9.16. The fourth-order valence-corrected chi connectivity index (χ4v) is 1.38. The van der Waals surface area contributed by atoms with Crippen molar-refractivity contribution >= 4 is 11.4 Å². The lowest BCUT2D eigenvalue weighted by Crippen LogP contribution is -1.94. The van der Waals surface area contributed by atoms with Crippen LogP contribution >= 0.6 is 0 Å². The molecule has 0 atom stereocenters. The van der Waals surface area contributed by atoms with Crippen LogP contribution in [-0.2, 0) is 0 Å². The lowest BCUT2D eigenvalue weighted by molar-refractivity contribution is 0.826. The fraction of sp³-hybridized carbons (Fsp3) is 0.462. The van der Waals surface area contributed by atoms with Crippen molar-refractivity contribution in [1.82, 2.24) is 0 Å². The predicted octanol–water partition coefficient (Wildman–Crippen LogP) is 4.36. The summed E-state index contributed by atoms with van der Waals surface area (Å²) in [6.45, 7) is 4.40. The molecule has 0 N–H and O–H groups in total. The normalized spacial score (nSPS) is 11.7. The van der Waals surface area contributed by atoms with Crippen LogP contribution in [0.5, 0.6) is 0 Å². The number of aliphatic imine (C=N–C) groups is 1. The van der Waals surface area contributed by atoms with Gasteiger partial charge in [0.2, 0.25) is 0 Å². The summed E-state index contributed by atoms with van der Waals surface area (Å²) in [5, 5.41) is 0.